The molecule has 1 heterocycles. The molecule has 0 aromatic heterocycles. The lowest BCUT2D eigenvalue weighted by molar-refractivity contribution is 0.624. The van der Waals surface area contributed by atoms with Gasteiger partial charge in [0.15, 0.2) is 0 Å². The summed E-state index contributed by atoms with van der Waals surface area (Å²) in [4.78, 5) is 0. The van der Waals surface area contributed by atoms with E-state index in [9.17, 15) is 4.21 Å². The Morgan fingerprint density at radius 1 is 1.33 bits per heavy atom. The lowest BCUT2D eigenvalue weighted by Crippen LogP contribution is -2.29. The highest BCUT2D eigenvalue weighted by atomic mass is 32.2. The first-order valence-corrected chi connectivity index (χ1v) is 6.91. The van der Waals surface area contributed by atoms with E-state index >= 15 is 0 Å². The summed E-state index contributed by atoms with van der Waals surface area (Å²) in [6, 6.07) is 8.92. The Hall–Kier alpha value is -0.830. The number of aryl methyl sites for hydroxylation is 1. The molecule has 0 radical (unpaired) electrons. The van der Waals surface area contributed by atoms with Crippen molar-refractivity contribution < 1.29 is 4.21 Å². The standard InChI is InChI=1S/C12H17NOS/c1-10-3-2-4-12(9-10)13-11-5-7-15(14)8-6-11/h2-4,9,11,13H,5-8H2,1H3. The molecule has 0 bridgehead atoms. The third-order valence-corrected chi connectivity index (χ3v) is 4.16. The first-order chi connectivity index (χ1) is 7.24. The van der Waals surface area contributed by atoms with Gasteiger partial charge in [-0.15, -0.1) is 0 Å². The predicted molar refractivity (Wildman–Crippen MR) is 65.7 cm³/mol. The van der Waals surface area contributed by atoms with E-state index in [2.05, 4.69) is 36.5 Å². The SMILES string of the molecule is Cc1cccc(NC2CCS(=O)CC2)c1. The molecule has 1 aromatic rings. The molecule has 3 heteroatoms. The minimum Gasteiger partial charge on any atom is -0.382 e. The Labute approximate surface area is 93.5 Å². The van der Waals surface area contributed by atoms with Crippen molar-refractivity contribution in [1.82, 2.24) is 0 Å². The van der Waals surface area contributed by atoms with Crippen molar-refractivity contribution >= 4 is 16.5 Å². The second-order valence-corrected chi connectivity index (χ2v) is 5.83. The third-order valence-electron chi connectivity index (χ3n) is 2.78. The van der Waals surface area contributed by atoms with Gasteiger partial charge in [0.25, 0.3) is 0 Å². The summed E-state index contributed by atoms with van der Waals surface area (Å²) >= 11 is 0. The summed E-state index contributed by atoms with van der Waals surface area (Å²) in [6.07, 6.45) is 2.06. The van der Waals surface area contributed by atoms with Crippen molar-refractivity contribution in [3.05, 3.63) is 29.8 Å². The molecule has 1 fully saturated rings. The van der Waals surface area contributed by atoms with E-state index in [4.69, 9.17) is 0 Å². The largest absolute Gasteiger partial charge is 0.382 e. The molecule has 0 amide bonds. The Morgan fingerprint density at radius 2 is 2.07 bits per heavy atom. The molecule has 82 valence electrons. The van der Waals surface area contributed by atoms with Crippen LogP contribution in [0.15, 0.2) is 24.3 Å². The Kier molecular flexibility index (Phi) is 3.41. The van der Waals surface area contributed by atoms with Gasteiger partial charge >= 0.3 is 0 Å². The number of anilines is 1. The highest BCUT2D eigenvalue weighted by molar-refractivity contribution is 7.85. The summed E-state index contributed by atoms with van der Waals surface area (Å²) in [5.74, 6) is 1.70. The van der Waals surface area contributed by atoms with Crippen molar-refractivity contribution in [3.63, 3.8) is 0 Å². The van der Waals surface area contributed by atoms with Crippen LogP contribution in [-0.4, -0.2) is 21.8 Å². The van der Waals surface area contributed by atoms with Gasteiger partial charge in [0.05, 0.1) is 0 Å². The molecule has 2 rings (SSSR count). The fourth-order valence-electron chi connectivity index (χ4n) is 1.91. The van der Waals surface area contributed by atoms with Crippen molar-refractivity contribution in [2.45, 2.75) is 25.8 Å². The Balaban J connectivity index is 1.94. The van der Waals surface area contributed by atoms with E-state index in [1.165, 1.54) is 11.3 Å². The van der Waals surface area contributed by atoms with Gasteiger partial charge in [-0.25, -0.2) is 0 Å². The average Bonchev–Trinajstić information content (AvgIpc) is 2.22. The number of nitrogens with one attached hydrogen (secondary N) is 1. The first-order valence-electron chi connectivity index (χ1n) is 5.42. The maximum atomic E-state index is 11.2. The first kappa shape index (κ1) is 10.7. The lowest BCUT2D eigenvalue weighted by Gasteiger charge is -2.23. The summed E-state index contributed by atoms with van der Waals surface area (Å²) < 4.78 is 11.2. The molecule has 1 aliphatic rings. The van der Waals surface area contributed by atoms with Crippen molar-refractivity contribution in [2.24, 2.45) is 0 Å². The minimum absolute atomic E-state index is 0.504. The molecule has 1 saturated heterocycles. The molecule has 0 atom stereocenters. The maximum Gasteiger partial charge on any atom is 0.0344 e. The molecule has 1 aromatic carbocycles. The van der Waals surface area contributed by atoms with E-state index < -0.39 is 10.8 Å². The zero-order chi connectivity index (χ0) is 10.7. The van der Waals surface area contributed by atoms with Gasteiger partial charge in [0.2, 0.25) is 0 Å². The van der Waals surface area contributed by atoms with E-state index in [-0.39, 0.29) is 0 Å². The van der Waals surface area contributed by atoms with E-state index in [1.54, 1.807) is 0 Å². The monoisotopic (exact) mass is 223 g/mol. The smallest absolute Gasteiger partial charge is 0.0344 e. The molecule has 0 spiro atoms. The van der Waals surface area contributed by atoms with Crippen LogP contribution in [0.3, 0.4) is 0 Å². The van der Waals surface area contributed by atoms with Crippen LogP contribution in [0.5, 0.6) is 0 Å². The highest BCUT2D eigenvalue weighted by Crippen LogP contribution is 2.17. The zero-order valence-corrected chi connectivity index (χ0v) is 9.85. The molecular weight excluding hydrogens is 206 g/mol. The maximum absolute atomic E-state index is 11.2. The molecule has 0 saturated carbocycles. The second-order valence-electron chi connectivity index (χ2n) is 4.14. The van der Waals surface area contributed by atoms with Gasteiger partial charge < -0.3 is 5.32 Å². The van der Waals surface area contributed by atoms with Crippen LogP contribution in [0.4, 0.5) is 5.69 Å². The van der Waals surface area contributed by atoms with Crippen LogP contribution in [0, 0.1) is 6.92 Å². The summed E-state index contributed by atoms with van der Waals surface area (Å²) in [7, 11) is -0.563. The summed E-state index contributed by atoms with van der Waals surface area (Å²) in [5, 5.41) is 3.51. The summed E-state index contributed by atoms with van der Waals surface area (Å²) in [5.41, 5.74) is 2.46. The third kappa shape index (κ3) is 3.06. The Morgan fingerprint density at radius 3 is 2.73 bits per heavy atom. The normalized spacial score (nSPS) is 26.2. The highest BCUT2D eigenvalue weighted by Gasteiger charge is 2.17. The van der Waals surface area contributed by atoms with Gasteiger partial charge in [-0.2, -0.15) is 0 Å². The van der Waals surface area contributed by atoms with Crippen molar-refractivity contribution in [2.75, 3.05) is 16.8 Å². The fraction of sp³-hybridized carbons (Fsp3) is 0.500. The fourth-order valence-corrected chi connectivity index (χ4v) is 3.21. The average molecular weight is 223 g/mol. The van der Waals surface area contributed by atoms with Crippen molar-refractivity contribution in [3.8, 4) is 0 Å². The van der Waals surface area contributed by atoms with Crippen LogP contribution < -0.4 is 5.32 Å². The lowest BCUT2D eigenvalue weighted by atomic mass is 10.1. The quantitative estimate of drug-likeness (QED) is 0.833. The van der Waals surface area contributed by atoms with E-state index in [0.29, 0.717) is 6.04 Å². The predicted octanol–water partition coefficient (Wildman–Crippen LogP) is 2.32. The number of hydrogen-bond acceptors (Lipinski definition) is 2. The van der Waals surface area contributed by atoms with Gasteiger partial charge in [0, 0.05) is 34.0 Å². The number of rotatable bonds is 2. The number of benzene rings is 1. The molecule has 2 nitrogen and oxygen atoms in total. The van der Waals surface area contributed by atoms with E-state index in [0.717, 1.165) is 24.3 Å². The van der Waals surface area contributed by atoms with Crippen molar-refractivity contribution in [1.29, 1.82) is 0 Å². The van der Waals surface area contributed by atoms with Crippen LogP contribution in [0.2, 0.25) is 0 Å². The van der Waals surface area contributed by atoms with Gasteiger partial charge in [0.1, 0.15) is 0 Å². The zero-order valence-electron chi connectivity index (χ0n) is 9.03. The number of hydrogen-bond donors (Lipinski definition) is 1. The summed E-state index contributed by atoms with van der Waals surface area (Å²) in [6.45, 7) is 2.10. The van der Waals surface area contributed by atoms with Gasteiger partial charge in [-0.3, -0.25) is 4.21 Å². The molecule has 1 aliphatic heterocycles. The molecular formula is C12H17NOS. The molecule has 15 heavy (non-hydrogen) atoms. The van der Waals surface area contributed by atoms with Crippen LogP contribution in [0.1, 0.15) is 18.4 Å². The van der Waals surface area contributed by atoms with Gasteiger partial charge in [-0.05, 0) is 37.5 Å². The van der Waals surface area contributed by atoms with Crippen LogP contribution in [0.25, 0.3) is 0 Å². The van der Waals surface area contributed by atoms with Gasteiger partial charge in [-0.1, -0.05) is 12.1 Å². The van der Waals surface area contributed by atoms with Crippen LogP contribution >= 0.6 is 0 Å². The van der Waals surface area contributed by atoms with E-state index in [1.807, 2.05) is 0 Å². The Bertz CT molecular complexity index is 354. The molecule has 0 unspecified atom stereocenters. The second kappa shape index (κ2) is 4.79. The topological polar surface area (TPSA) is 29.1 Å². The van der Waals surface area contributed by atoms with Crippen LogP contribution in [-0.2, 0) is 10.8 Å². The minimum atomic E-state index is -0.563. The molecule has 0 aliphatic carbocycles. The molecule has 1 N–H and O–H groups in total.